The molecule has 0 aliphatic rings. The maximum atomic E-state index is 14.0. The highest BCUT2D eigenvalue weighted by molar-refractivity contribution is 5.64. The smallest absolute Gasteiger partial charge is 0.131 e. The molecule has 0 aliphatic heterocycles. The predicted molar refractivity (Wildman–Crippen MR) is 76.5 cm³/mol. The third kappa shape index (κ3) is 3.18. The molecule has 1 N–H and O–H groups in total. The molecule has 1 aromatic carbocycles. The van der Waals surface area contributed by atoms with Crippen molar-refractivity contribution in [3.05, 3.63) is 53.6 Å². The van der Waals surface area contributed by atoms with Crippen molar-refractivity contribution in [1.29, 1.82) is 0 Å². The minimum Gasteiger partial charge on any atom is -0.310 e. The maximum Gasteiger partial charge on any atom is 0.131 e. The molecule has 0 saturated carbocycles. The normalized spacial score (nSPS) is 12.4. The fraction of sp³-hybridized carbons (Fsp3) is 0.312. The molecule has 2 aromatic rings. The molecule has 0 bridgehead atoms. The third-order valence-corrected chi connectivity index (χ3v) is 3.19. The van der Waals surface area contributed by atoms with Crippen LogP contribution in [0.25, 0.3) is 11.1 Å². The van der Waals surface area contributed by atoms with Gasteiger partial charge < -0.3 is 5.32 Å². The molecule has 2 rings (SSSR count). The molecule has 0 radical (unpaired) electrons. The Bertz CT molecular complexity index is 566. The Morgan fingerprint density at radius 2 is 2.05 bits per heavy atom. The van der Waals surface area contributed by atoms with Gasteiger partial charge in [-0.2, -0.15) is 0 Å². The molecule has 0 fully saturated rings. The van der Waals surface area contributed by atoms with E-state index < -0.39 is 0 Å². The third-order valence-electron chi connectivity index (χ3n) is 3.19. The van der Waals surface area contributed by atoms with Gasteiger partial charge in [0, 0.05) is 29.6 Å². The van der Waals surface area contributed by atoms with Gasteiger partial charge in [-0.1, -0.05) is 13.0 Å². The summed E-state index contributed by atoms with van der Waals surface area (Å²) in [5.74, 6) is -0.208. The zero-order valence-electron chi connectivity index (χ0n) is 11.6. The molecule has 100 valence electrons. The van der Waals surface area contributed by atoms with Crippen molar-refractivity contribution < 1.29 is 4.39 Å². The Morgan fingerprint density at radius 1 is 1.26 bits per heavy atom. The van der Waals surface area contributed by atoms with Gasteiger partial charge in [0.25, 0.3) is 0 Å². The van der Waals surface area contributed by atoms with Crippen molar-refractivity contribution in [2.24, 2.45) is 0 Å². The fourth-order valence-corrected chi connectivity index (χ4v) is 2.16. The number of rotatable bonds is 4. The predicted octanol–water partition coefficient (Wildman–Crippen LogP) is 3.87. The van der Waals surface area contributed by atoms with Crippen molar-refractivity contribution in [1.82, 2.24) is 10.3 Å². The molecule has 0 spiro atoms. The van der Waals surface area contributed by atoms with Crippen LogP contribution in [-0.2, 0) is 0 Å². The Hall–Kier alpha value is -1.74. The molecular weight excluding hydrogens is 239 g/mol. The SMILES string of the molecule is CCNC(C)c1ccc(F)c(-c2cncc(C)c2)c1. The lowest BCUT2D eigenvalue weighted by molar-refractivity contribution is 0.593. The van der Waals surface area contributed by atoms with E-state index in [0.717, 1.165) is 23.2 Å². The highest BCUT2D eigenvalue weighted by Gasteiger charge is 2.10. The van der Waals surface area contributed by atoms with Gasteiger partial charge in [0.05, 0.1) is 0 Å². The number of pyridine rings is 1. The first-order chi connectivity index (χ1) is 9.11. The summed E-state index contributed by atoms with van der Waals surface area (Å²) in [6, 6.07) is 7.42. The van der Waals surface area contributed by atoms with Crippen LogP contribution in [0.3, 0.4) is 0 Å². The van der Waals surface area contributed by atoms with Gasteiger partial charge in [-0.15, -0.1) is 0 Å². The Kier molecular flexibility index (Phi) is 4.27. The Morgan fingerprint density at radius 3 is 2.74 bits per heavy atom. The summed E-state index contributed by atoms with van der Waals surface area (Å²) in [5, 5.41) is 3.33. The van der Waals surface area contributed by atoms with Gasteiger partial charge in [-0.25, -0.2) is 4.39 Å². The number of halogens is 1. The average molecular weight is 258 g/mol. The van der Waals surface area contributed by atoms with E-state index in [1.165, 1.54) is 6.07 Å². The van der Waals surface area contributed by atoms with Gasteiger partial charge in [0.2, 0.25) is 0 Å². The van der Waals surface area contributed by atoms with E-state index in [-0.39, 0.29) is 11.9 Å². The second kappa shape index (κ2) is 5.93. The van der Waals surface area contributed by atoms with E-state index in [1.807, 2.05) is 25.1 Å². The summed E-state index contributed by atoms with van der Waals surface area (Å²) in [4.78, 5) is 4.13. The molecule has 1 heterocycles. The highest BCUT2D eigenvalue weighted by Crippen LogP contribution is 2.26. The summed E-state index contributed by atoms with van der Waals surface area (Å²) in [6.45, 7) is 6.99. The van der Waals surface area contributed by atoms with Crippen molar-refractivity contribution >= 4 is 0 Å². The first-order valence-corrected chi connectivity index (χ1v) is 6.56. The van der Waals surface area contributed by atoms with Crippen LogP contribution >= 0.6 is 0 Å². The lowest BCUT2D eigenvalue weighted by Crippen LogP contribution is -2.17. The van der Waals surface area contributed by atoms with Crippen molar-refractivity contribution in [3.8, 4) is 11.1 Å². The summed E-state index contributed by atoms with van der Waals surface area (Å²) in [7, 11) is 0. The summed E-state index contributed by atoms with van der Waals surface area (Å²) >= 11 is 0. The molecule has 1 unspecified atom stereocenters. The van der Waals surface area contributed by atoms with Crippen molar-refractivity contribution in [2.45, 2.75) is 26.8 Å². The number of nitrogens with zero attached hydrogens (tertiary/aromatic N) is 1. The Balaban J connectivity index is 2.42. The first kappa shape index (κ1) is 13.7. The van der Waals surface area contributed by atoms with E-state index in [9.17, 15) is 4.39 Å². The van der Waals surface area contributed by atoms with Gasteiger partial charge in [0.1, 0.15) is 5.82 Å². The zero-order chi connectivity index (χ0) is 13.8. The topological polar surface area (TPSA) is 24.9 Å². The van der Waals surface area contributed by atoms with E-state index in [1.54, 1.807) is 12.4 Å². The quantitative estimate of drug-likeness (QED) is 0.900. The monoisotopic (exact) mass is 258 g/mol. The van der Waals surface area contributed by atoms with Crippen LogP contribution < -0.4 is 5.32 Å². The van der Waals surface area contributed by atoms with Crippen LogP contribution in [0.5, 0.6) is 0 Å². The molecule has 19 heavy (non-hydrogen) atoms. The molecule has 0 saturated heterocycles. The molecule has 0 aliphatic carbocycles. The molecule has 1 aromatic heterocycles. The number of hydrogen-bond donors (Lipinski definition) is 1. The maximum absolute atomic E-state index is 14.0. The van der Waals surface area contributed by atoms with Crippen LogP contribution in [0.1, 0.15) is 31.0 Å². The molecule has 0 amide bonds. The molecule has 2 nitrogen and oxygen atoms in total. The lowest BCUT2D eigenvalue weighted by atomic mass is 10.00. The zero-order valence-corrected chi connectivity index (χ0v) is 11.6. The summed E-state index contributed by atoms with van der Waals surface area (Å²) in [6.07, 6.45) is 3.47. The number of nitrogens with one attached hydrogen (secondary N) is 1. The largest absolute Gasteiger partial charge is 0.310 e. The average Bonchev–Trinajstić information content (AvgIpc) is 2.39. The Labute approximate surface area is 113 Å². The fourth-order valence-electron chi connectivity index (χ4n) is 2.16. The lowest BCUT2D eigenvalue weighted by Gasteiger charge is -2.14. The van der Waals surface area contributed by atoms with Gasteiger partial charge >= 0.3 is 0 Å². The number of aromatic nitrogens is 1. The van der Waals surface area contributed by atoms with Crippen LogP contribution in [-0.4, -0.2) is 11.5 Å². The van der Waals surface area contributed by atoms with Gasteiger partial charge in [-0.05, 0) is 49.7 Å². The molecule has 1 atom stereocenters. The van der Waals surface area contributed by atoms with Gasteiger partial charge in [0.15, 0.2) is 0 Å². The van der Waals surface area contributed by atoms with Crippen LogP contribution in [0.4, 0.5) is 4.39 Å². The second-order valence-electron chi connectivity index (χ2n) is 4.77. The van der Waals surface area contributed by atoms with E-state index in [2.05, 4.69) is 24.1 Å². The molecular formula is C16H19FN2. The minimum atomic E-state index is -0.208. The van der Waals surface area contributed by atoms with E-state index >= 15 is 0 Å². The number of aryl methyl sites for hydroxylation is 1. The number of benzene rings is 1. The standard InChI is InChI=1S/C16H19FN2/c1-4-19-12(3)13-5-6-16(17)15(8-13)14-7-11(2)9-18-10-14/h5-10,12,19H,4H2,1-3H3. The summed E-state index contributed by atoms with van der Waals surface area (Å²) < 4.78 is 14.0. The van der Waals surface area contributed by atoms with Crippen LogP contribution in [0, 0.1) is 12.7 Å². The van der Waals surface area contributed by atoms with Crippen molar-refractivity contribution in [3.63, 3.8) is 0 Å². The summed E-state index contributed by atoms with van der Waals surface area (Å²) in [5.41, 5.74) is 3.54. The van der Waals surface area contributed by atoms with E-state index in [4.69, 9.17) is 0 Å². The number of hydrogen-bond acceptors (Lipinski definition) is 2. The highest BCUT2D eigenvalue weighted by atomic mass is 19.1. The van der Waals surface area contributed by atoms with Crippen LogP contribution in [0.2, 0.25) is 0 Å². The first-order valence-electron chi connectivity index (χ1n) is 6.56. The van der Waals surface area contributed by atoms with Gasteiger partial charge in [-0.3, -0.25) is 4.98 Å². The van der Waals surface area contributed by atoms with E-state index in [0.29, 0.717) is 5.56 Å². The second-order valence-corrected chi connectivity index (χ2v) is 4.77. The molecule has 3 heteroatoms. The van der Waals surface area contributed by atoms with Crippen molar-refractivity contribution in [2.75, 3.05) is 6.54 Å². The van der Waals surface area contributed by atoms with Crippen LogP contribution in [0.15, 0.2) is 36.7 Å². The minimum absolute atomic E-state index is 0.208.